The molecule has 3 rings (SSSR count). The molecule has 0 spiro atoms. The Morgan fingerprint density at radius 3 is 2.59 bits per heavy atom. The van der Waals surface area contributed by atoms with Crippen molar-refractivity contribution in [3.05, 3.63) is 59.5 Å². The Labute approximate surface area is 158 Å². The van der Waals surface area contributed by atoms with E-state index in [1.807, 2.05) is 43.3 Å². The van der Waals surface area contributed by atoms with Crippen LogP contribution in [-0.4, -0.2) is 16.7 Å². The molecule has 0 saturated carbocycles. The molecule has 2 aromatic carbocycles. The Hall–Kier alpha value is -2.95. The fraction of sp³-hybridized carbons (Fsp3) is 0.318. The predicted octanol–water partition coefficient (Wildman–Crippen LogP) is 4.65. The van der Waals surface area contributed by atoms with Crippen LogP contribution in [0.4, 0.5) is 5.69 Å². The molecule has 0 unspecified atom stereocenters. The Morgan fingerprint density at radius 1 is 1.11 bits per heavy atom. The van der Waals surface area contributed by atoms with Gasteiger partial charge in [-0.1, -0.05) is 51.1 Å². The van der Waals surface area contributed by atoms with E-state index in [4.69, 9.17) is 4.42 Å². The third-order valence-electron chi connectivity index (χ3n) is 4.85. The highest BCUT2D eigenvalue weighted by atomic mass is 16.3. The summed E-state index contributed by atoms with van der Waals surface area (Å²) in [4.78, 5) is 29.2. The molecule has 1 heterocycles. The second kappa shape index (κ2) is 8.16. The molecule has 1 N–H and O–H groups in total. The normalized spacial score (nSPS) is 12.1. The minimum atomic E-state index is -0.636. The van der Waals surface area contributed by atoms with Crippen molar-refractivity contribution in [3.8, 4) is 0 Å². The number of aryl methyl sites for hydroxylation is 1. The Kier molecular flexibility index (Phi) is 5.69. The minimum absolute atomic E-state index is 0.159. The lowest BCUT2D eigenvalue weighted by Gasteiger charge is -2.18. The highest BCUT2D eigenvalue weighted by Crippen LogP contribution is 2.30. The molecule has 0 radical (unpaired) electrons. The van der Waals surface area contributed by atoms with Gasteiger partial charge in [-0.25, -0.2) is 4.98 Å². The third-order valence-corrected chi connectivity index (χ3v) is 4.85. The van der Waals surface area contributed by atoms with Gasteiger partial charge in [0.15, 0.2) is 5.58 Å². The number of carbonyl (C=O) groups is 2. The lowest BCUT2D eigenvalue weighted by Crippen LogP contribution is -2.26. The topological polar surface area (TPSA) is 72.2 Å². The number of hydrogen-bond acceptors (Lipinski definition) is 4. The van der Waals surface area contributed by atoms with E-state index in [2.05, 4.69) is 24.1 Å². The molecule has 0 saturated heterocycles. The van der Waals surface area contributed by atoms with Crippen LogP contribution in [0.15, 0.2) is 46.9 Å². The van der Waals surface area contributed by atoms with E-state index in [-0.39, 0.29) is 12.3 Å². The number of anilines is 1. The second-order valence-corrected chi connectivity index (χ2v) is 6.67. The number of hydrogen-bond donors (Lipinski definition) is 1. The summed E-state index contributed by atoms with van der Waals surface area (Å²) < 4.78 is 5.55. The molecular formula is C22H24N2O3. The van der Waals surface area contributed by atoms with Crippen molar-refractivity contribution in [1.82, 2.24) is 4.98 Å². The van der Waals surface area contributed by atoms with E-state index in [1.165, 1.54) is 0 Å². The smallest absolute Gasteiger partial charge is 0.292 e. The largest absolute Gasteiger partial charge is 0.440 e. The average Bonchev–Trinajstić information content (AvgIpc) is 3.09. The van der Waals surface area contributed by atoms with Crippen LogP contribution in [0, 0.1) is 0 Å². The minimum Gasteiger partial charge on any atom is -0.440 e. The molecule has 1 amide bonds. The molecule has 5 heteroatoms. The zero-order chi connectivity index (χ0) is 19.4. The SMILES string of the molecule is CCc1cccc([C@H](C)CC)c1NC(=O)C(=O)Cc1nc2ccccc2o1. The summed E-state index contributed by atoms with van der Waals surface area (Å²) in [5.41, 5.74) is 4.12. The van der Waals surface area contributed by atoms with Crippen LogP contribution < -0.4 is 5.32 Å². The van der Waals surface area contributed by atoms with E-state index in [9.17, 15) is 9.59 Å². The van der Waals surface area contributed by atoms with Gasteiger partial charge in [0.2, 0.25) is 11.7 Å². The number of oxazole rings is 1. The number of Topliss-reactive ketones (excluding diaryl/α,β-unsaturated/α-hetero) is 1. The summed E-state index contributed by atoms with van der Waals surface area (Å²) in [7, 11) is 0. The number of rotatable bonds is 7. The summed E-state index contributed by atoms with van der Waals surface area (Å²) in [5.74, 6) is -0.661. The number of para-hydroxylation sites is 3. The van der Waals surface area contributed by atoms with E-state index in [1.54, 1.807) is 6.07 Å². The van der Waals surface area contributed by atoms with E-state index in [0.29, 0.717) is 17.0 Å². The first kappa shape index (κ1) is 18.8. The summed E-state index contributed by atoms with van der Waals surface area (Å²) in [6, 6.07) is 13.3. The summed E-state index contributed by atoms with van der Waals surface area (Å²) in [6.45, 7) is 6.25. The molecule has 140 valence electrons. The van der Waals surface area contributed by atoms with Crippen molar-refractivity contribution in [2.24, 2.45) is 0 Å². The molecule has 1 aromatic heterocycles. The number of nitrogens with one attached hydrogen (secondary N) is 1. The number of aromatic nitrogens is 1. The molecule has 3 aromatic rings. The average molecular weight is 364 g/mol. The first-order chi connectivity index (χ1) is 13.0. The molecule has 0 aliphatic rings. The number of amides is 1. The number of fused-ring (bicyclic) bond motifs is 1. The van der Waals surface area contributed by atoms with Gasteiger partial charge in [-0.05, 0) is 42.0 Å². The van der Waals surface area contributed by atoms with Gasteiger partial charge in [-0.2, -0.15) is 0 Å². The number of ketones is 1. The Balaban J connectivity index is 1.79. The van der Waals surface area contributed by atoms with Crippen LogP contribution >= 0.6 is 0 Å². The third kappa shape index (κ3) is 4.08. The van der Waals surface area contributed by atoms with Gasteiger partial charge < -0.3 is 9.73 Å². The summed E-state index contributed by atoms with van der Waals surface area (Å²) in [6.07, 6.45) is 1.57. The maximum Gasteiger partial charge on any atom is 0.292 e. The molecular weight excluding hydrogens is 340 g/mol. The number of benzene rings is 2. The van der Waals surface area contributed by atoms with Gasteiger partial charge in [-0.3, -0.25) is 9.59 Å². The Bertz CT molecular complexity index is 942. The molecule has 0 fully saturated rings. The fourth-order valence-electron chi connectivity index (χ4n) is 3.09. The zero-order valence-corrected chi connectivity index (χ0v) is 15.9. The van der Waals surface area contributed by atoms with Gasteiger partial charge in [0.05, 0.1) is 6.42 Å². The maximum absolute atomic E-state index is 12.5. The van der Waals surface area contributed by atoms with Crippen LogP contribution in [0.1, 0.15) is 50.1 Å². The zero-order valence-electron chi connectivity index (χ0n) is 15.9. The van der Waals surface area contributed by atoms with Crippen molar-refractivity contribution in [2.45, 2.75) is 46.0 Å². The summed E-state index contributed by atoms with van der Waals surface area (Å²) in [5, 5.41) is 2.84. The number of carbonyl (C=O) groups excluding carboxylic acids is 2. The highest BCUT2D eigenvalue weighted by molar-refractivity contribution is 6.41. The molecule has 0 aliphatic heterocycles. The van der Waals surface area contributed by atoms with Crippen molar-refractivity contribution >= 4 is 28.5 Å². The van der Waals surface area contributed by atoms with Gasteiger partial charge in [0, 0.05) is 5.69 Å². The van der Waals surface area contributed by atoms with Gasteiger partial charge in [0.25, 0.3) is 5.91 Å². The van der Waals surface area contributed by atoms with Crippen LogP contribution in [-0.2, 0) is 22.4 Å². The van der Waals surface area contributed by atoms with E-state index >= 15 is 0 Å². The Morgan fingerprint density at radius 2 is 1.89 bits per heavy atom. The standard InChI is InChI=1S/C22H24N2O3/c1-4-14(3)16-10-8-9-15(5-2)21(16)24-22(26)18(25)13-20-23-17-11-6-7-12-19(17)27-20/h6-12,14H,4-5,13H2,1-3H3,(H,24,26)/t14-/m1/s1. The van der Waals surface area contributed by atoms with Gasteiger partial charge in [-0.15, -0.1) is 0 Å². The van der Waals surface area contributed by atoms with Crippen molar-refractivity contribution in [3.63, 3.8) is 0 Å². The van der Waals surface area contributed by atoms with Crippen molar-refractivity contribution in [1.29, 1.82) is 0 Å². The lowest BCUT2D eigenvalue weighted by atomic mass is 9.93. The van der Waals surface area contributed by atoms with Crippen molar-refractivity contribution in [2.75, 3.05) is 5.32 Å². The van der Waals surface area contributed by atoms with Crippen LogP contribution in [0.25, 0.3) is 11.1 Å². The first-order valence-corrected chi connectivity index (χ1v) is 9.33. The lowest BCUT2D eigenvalue weighted by molar-refractivity contribution is -0.134. The van der Waals surface area contributed by atoms with Gasteiger partial charge in [0.1, 0.15) is 5.52 Å². The van der Waals surface area contributed by atoms with E-state index in [0.717, 1.165) is 29.7 Å². The van der Waals surface area contributed by atoms with Crippen LogP contribution in [0.3, 0.4) is 0 Å². The van der Waals surface area contributed by atoms with E-state index < -0.39 is 11.7 Å². The van der Waals surface area contributed by atoms with Crippen LogP contribution in [0.2, 0.25) is 0 Å². The first-order valence-electron chi connectivity index (χ1n) is 9.33. The monoisotopic (exact) mass is 364 g/mol. The fourth-order valence-corrected chi connectivity index (χ4v) is 3.09. The predicted molar refractivity (Wildman–Crippen MR) is 106 cm³/mol. The summed E-state index contributed by atoms with van der Waals surface area (Å²) >= 11 is 0. The molecule has 1 atom stereocenters. The molecule has 0 bridgehead atoms. The highest BCUT2D eigenvalue weighted by Gasteiger charge is 2.21. The molecule has 27 heavy (non-hydrogen) atoms. The number of nitrogens with zero attached hydrogens (tertiary/aromatic N) is 1. The quantitative estimate of drug-likeness (QED) is 0.619. The van der Waals surface area contributed by atoms with Crippen LogP contribution in [0.5, 0.6) is 0 Å². The van der Waals surface area contributed by atoms with Gasteiger partial charge >= 0.3 is 0 Å². The molecule has 5 nitrogen and oxygen atoms in total. The maximum atomic E-state index is 12.5. The molecule has 0 aliphatic carbocycles. The second-order valence-electron chi connectivity index (χ2n) is 6.67. The van der Waals surface area contributed by atoms with Crippen molar-refractivity contribution < 1.29 is 14.0 Å².